The van der Waals surface area contributed by atoms with Crippen LogP contribution in [0.4, 0.5) is 0 Å². The van der Waals surface area contributed by atoms with Gasteiger partial charge in [-0.05, 0) is 39.9 Å². The van der Waals surface area contributed by atoms with Gasteiger partial charge in [-0.3, -0.25) is 0 Å². The summed E-state index contributed by atoms with van der Waals surface area (Å²) in [6.07, 6.45) is 0. The molecule has 0 amide bonds. The Kier molecular flexibility index (Phi) is 4.24. The first-order valence-corrected chi connectivity index (χ1v) is 10.8. The third-order valence-electron chi connectivity index (χ3n) is 5.76. The molecule has 2 nitrogen and oxygen atoms in total. The van der Waals surface area contributed by atoms with E-state index in [2.05, 4.69) is 59.6 Å². The van der Waals surface area contributed by atoms with Gasteiger partial charge in [-0.15, -0.1) is 0 Å². The molecule has 6 aromatic rings. The van der Waals surface area contributed by atoms with E-state index in [9.17, 15) is 0 Å². The smallest absolute Gasteiger partial charge is 0.139 e. The van der Waals surface area contributed by atoms with E-state index >= 15 is 0 Å². The molecule has 0 saturated heterocycles. The molecular weight excluding hydrogens is 423 g/mol. The van der Waals surface area contributed by atoms with E-state index in [0.29, 0.717) is 10.0 Å². The second kappa shape index (κ2) is 7.12. The van der Waals surface area contributed by atoms with Crippen LogP contribution in [0.25, 0.3) is 55.1 Å². The van der Waals surface area contributed by atoms with Crippen LogP contribution in [0.5, 0.6) is 0 Å². The van der Waals surface area contributed by atoms with Crippen LogP contribution in [-0.2, 0) is 0 Å². The highest BCUT2D eigenvalue weighted by atomic mass is 35.5. The Morgan fingerprint density at radius 3 is 2.13 bits per heavy atom. The summed E-state index contributed by atoms with van der Waals surface area (Å²) < 4.78 is 0. The number of rotatable bonds is 2. The van der Waals surface area contributed by atoms with E-state index in [1.807, 2.05) is 30.3 Å². The Balaban J connectivity index is 1.71. The SMILES string of the molecule is Clc1ccc(-c2ccc3ccccc3c2-c2nc3c(ccc4ccccc43)[nH]2)c(Cl)c1. The summed E-state index contributed by atoms with van der Waals surface area (Å²) in [5.74, 6) is 0.823. The Morgan fingerprint density at radius 2 is 1.32 bits per heavy atom. The number of hydrogen-bond acceptors (Lipinski definition) is 1. The van der Waals surface area contributed by atoms with Gasteiger partial charge in [0, 0.05) is 26.6 Å². The van der Waals surface area contributed by atoms with Crippen LogP contribution in [-0.4, -0.2) is 9.97 Å². The van der Waals surface area contributed by atoms with Gasteiger partial charge in [0.05, 0.1) is 11.0 Å². The van der Waals surface area contributed by atoms with Gasteiger partial charge in [-0.2, -0.15) is 0 Å². The maximum atomic E-state index is 6.62. The number of aromatic nitrogens is 2. The molecule has 1 heterocycles. The van der Waals surface area contributed by atoms with E-state index in [-0.39, 0.29) is 0 Å². The van der Waals surface area contributed by atoms with Gasteiger partial charge in [0.15, 0.2) is 0 Å². The summed E-state index contributed by atoms with van der Waals surface area (Å²) >= 11 is 12.8. The summed E-state index contributed by atoms with van der Waals surface area (Å²) in [7, 11) is 0. The molecule has 0 radical (unpaired) electrons. The molecule has 0 bridgehead atoms. The maximum absolute atomic E-state index is 6.62. The fourth-order valence-corrected chi connectivity index (χ4v) is 4.83. The minimum Gasteiger partial charge on any atom is -0.338 e. The minimum atomic E-state index is 0.616. The van der Waals surface area contributed by atoms with Crippen LogP contribution < -0.4 is 0 Å². The Bertz CT molecular complexity index is 1620. The van der Waals surface area contributed by atoms with Gasteiger partial charge >= 0.3 is 0 Å². The topological polar surface area (TPSA) is 28.7 Å². The molecule has 0 saturated carbocycles. The number of hydrogen-bond donors (Lipinski definition) is 1. The van der Waals surface area contributed by atoms with Crippen LogP contribution in [0.15, 0.2) is 91.0 Å². The largest absolute Gasteiger partial charge is 0.338 e. The van der Waals surface area contributed by atoms with Crippen molar-refractivity contribution in [3.63, 3.8) is 0 Å². The molecule has 6 rings (SSSR count). The lowest BCUT2D eigenvalue weighted by molar-refractivity contribution is 1.35. The molecule has 31 heavy (non-hydrogen) atoms. The number of aromatic amines is 1. The number of halogens is 2. The van der Waals surface area contributed by atoms with E-state index in [0.717, 1.165) is 49.7 Å². The monoisotopic (exact) mass is 438 g/mol. The summed E-state index contributed by atoms with van der Waals surface area (Å²) in [6.45, 7) is 0. The zero-order chi connectivity index (χ0) is 20.9. The Labute approximate surface area is 189 Å². The van der Waals surface area contributed by atoms with Crippen molar-refractivity contribution in [2.75, 3.05) is 0 Å². The molecule has 0 unspecified atom stereocenters. The molecule has 4 heteroatoms. The highest BCUT2D eigenvalue weighted by molar-refractivity contribution is 6.36. The first kappa shape index (κ1) is 18.4. The third-order valence-corrected chi connectivity index (χ3v) is 6.31. The summed E-state index contributed by atoms with van der Waals surface area (Å²) in [6, 6.07) is 30.7. The zero-order valence-corrected chi connectivity index (χ0v) is 17.9. The van der Waals surface area contributed by atoms with Crippen LogP contribution in [0.1, 0.15) is 0 Å². The summed E-state index contributed by atoms with van der Waals surface area (Å²) in [4.78, 5) is 8.63. The molecule has 0 aliphatic rings. The predicted octanol–water partition coefficient (Wildman–Crippen LogP) is 8.51. The molecule has 0 fully saturated rings. The van der Waals surface area contributed by atoms with E-state index in [4.69, 9.17) is 28.2 Å². The lowest BCUT2D eigenvalue weighted by Crippen LogP contribution is -1.90. The molecule has 0 aliphatic carbocycles. The van der Waals surface area contributed by atoms with Crippen molar-refractivity contribution in [1.82, 2.24) is 9.97 Å². The van der Waals surface area contributed by atoms with Gasteiger partial charge in [0.1, 0.15) is 5.82 Å². The second-order valence-electron chi connectivity index (χ2n) is 7.60. The van der Waals surface area contributed by atoms with Gasteiger partial charge in [0.2, 0.25) is 0 Å². The number of imidazole rings is 1. The van der Waals surface area contributed by atoms with Crippen molar-refractivity contribution < 1.29 is 0 Å². The van der Waals surface area contributed by atoms with Crippen molar-refractivity contribution in [3.8, 4) is 22.5 Å². The van der Waals surface area contributed by atoms with Crippen molar-refractivity contribution in [2.45, 2.75) is 0 Å². The number of nitrogens with one attached hydrogen (secondary N) is 1. The summed E-state index contributed by atoms with van der Waals surface area (Å²) in [5, 5.41) is 5.81. The first-order chi connectivity index (χ1) is 15.2. The van der Waals surface area contributed by atoms with E-state index in [1.165, 1.54) is 5.39 Å². The molecular formula is C27H16Cl2N2. The Morgan fingerprint density at radius 1 is 0.645 bits per heavy atom. The van der Waals surface area contributed by atoms with Crippen molar-refractivity contribution in [2.24, 2.45) is 0 Å². The predicted molar refractivity (Wildman–Crippen MR) is 132 cm³/mol. The number of benzene rings is 5. The van der Waals surface area contributed by atoms with E-state index in [1.54, 1.807) is 6.07 Å². The molecule has 5 aromatic carbocycles. The average molecular weight is 439 g/mol. The number of nitrogens with zero attached hydrogens (tertiary/aromatic N) is 1. The minimum absolute atomic E-state index is 0.616. The molecule has 0 spiro atoms. The molecule has 148 valence electrons. The Hall–Kier alpha value is -3.33. The van der Waals surface area contributed by atoms with Gasteiger partial charge < -0.3 is 4.98 Å². The van der Waals surface area contributed by atoms with Crippen molar-refractivity contribution >= 4 is 55.8 Å². The summed E-state index contributed by atoms with van der Waals surface area (Å²) in [5.41, 5.74) is 4.95. The molecule has 0 atom stereocenters. The highest BCUT2D eigenvalue weighted by Gasteiger charge is 2.18. The van der Waals surface area contributed by atoms with Gasteiger partial charge in [-0.1, -0.05) is 96.0 Å². The van der Waals surface area contributed by atoms with Gasteiger partial charge in [0.25, 0.3) is 0 Å². The normalized spacial score (nSPS) is 11.5. The quantitative estimate of drug-likeness (QED) is 0.288. The number of fused-ring (bicyclic) bond motifs is 4. The highest BCUT2D eigenvalue weighted by Crippen LogP contribution is 2.41. The zero-order valence-electron chi connectivity index (χ0n) is 16.4. The van der Waals surface area contributed by atoms with Crippen LogP contribution in [0, 0.1) is 0 Å². The average Bonchev–Trinajstić information content (AvgIpc) is 3.23. The fourth-order valence-electron chi connectivity index (χ4n) is 4.32. The standard InChI is InChI=1S/C27H16Cl2N2/c28-18-11-13-21(23(29)15-18)22-12-9-16-5-1-3-7-19(16)25(22)27-30-24-14-10-17-6-2-4-8-20(17)26(24)31-27/h1-15H,(H,30,31). The second-order valence-corrected chi connectivity index (χ2v) is 8.45. The molecule has 0 aliphatic heterocycles. The fraction of sp³-hybridized carbons (Fsp3) is 0. The maximum Gasteiger partial charge on any atom is 0.139 e. The van der Waals surface area contributed by atoms with Crippen LogP contribution in [0.2, 0.25) is 10.0 Å². The van der Waals surface area contributed by atoms with Crippen molar-refractivity contribution in [1.29, 1.82) is 0 Å². The van der Waals surface area contributed by atoms with Crippen LogP contribution in [0.3, 0.4) is 0 Å². The lowest BCUT2D eigenvalue weighted by Gasteiger charge is -2.13. The van der Waals surface area contributed by atoms with Gasteiger partial charge in [-0.25, -0.2) is 4.98 Å². The third kappa shape index (κ3) is 2.99. The van der Waals surface area contributed by atoms with Crippen molar-refractivity contribution in [3.05, 3.63) is 101 Å². The number of H-pyrrole nitrogens is 1. The van der Waals surface area contributed by atoms with Crippen LogP contribution >= 0.6 is 23.2 Å². The lowest BCUT2D eigenvalue weighted by atomic mass is 9.93. The first-order valence-electron chi connectivity index (χ1n) is 10.0. The molecule has 1 N–H and O–H groups in total. The molecule has 1 aromatic heterocycles. The van der Waals surface area contributed by atoms with E-state index < -0.39 is 0 Å².